The molecule has 2 fully saturated rings. The number of carboxylic acid groups (broad SMARTS) is 1. The third-order valence-corrected chi connectivity index (χ3v) is 4.53. The molecule has 1 aromatic rings. The molecule has 1 aromatic carbocycles. The summed E-state index contributed by atoms with van der Waals surface area (Å²) < 4.78 is 0. The Morgan fingerprint density at radius 2 is 2.10 bits per heavy atom. The molecule has 0 aromatic heterocycles. The number of hydrogen-bond donors (Lipinski definition) is 1. The summed E-state index contributed by atoms with van der Waals surface area (Å²) in [4.78, 5) is 13.5. The lowest BCUT2D eigenvalue weighted by molar-refractivity contribution is -0.143. The number of hydrogen-bond acceptors (Lipinski definition) is 2. The lowest BCUT2D eigenvalue weighted by atomic mass is 9.94. The van der Waals surface area contributed by atoms with Gasteiger partial charge >= 0.3 is 5.97 Å². The van der Waals surface area contributed by atoms with Crippen LogP contribution in [-0.2, 0) is 4.79 Å². The third-order valence-electron chi connectivity index (χ3n) is 4.53. The summed E-state index contributed by atoms with van der Waals surface area (Å²) in [5.41, 5.74) is 0.985. The normalized spacial score (nSPS) is 28.7. The number of carbonyl (C=O) groups is 1. The van der Waals surface area contributed by atoms with E-state index < -0.39 is 5.97 Å². The van der Waals surface area contributed by atoms with Crippen LogP contribution in [0.2, 0.25) is 0 Å². The van der Waals surface area contributed by atoms with Crippen LogP contribution in [0.5, 0.6) is 0 Å². The number of rotatable bonds is 2. The van der Waals surface area contributed by atoms with E-state index in [0.29, 0.717) is 18.4 Å². The summed E-state index contributed by atoms with van der Waals surface area (Å²) in [7, 11) is 0. The van der Waals surface area contributed by atoms with Gasteiger partial charge in [-0.2, -0.15) is 0 Å². The molecule has 3 atom stereocenters. The Bertz CT molecular complexity index is 543. The van der Waals surface area contributed by atoms with Crippen LogP contribution in [0.25, 0.3) is 0 Å². The van der Waals surface area contributed by atoms with E-state index in [1.54, 1.807) is 0 Å². The zero-order valence-electron chi connectivity index (χ0n) is 11.5. The SMILES string of the molecule is O=C(O)C1C2CCCC2CN1CC#Cc1ccccc1. The second kappa shape index (κ2) is 5.68. The Balaban J connectivity index is 1.68. The molecule has 1 N–H and O–H groups in total. The van der Waals surface area contributed by atoms with Crippen molar-refractivity contribution in [1.29, 1.82) is 0 Å². The van der Waals surface area contributed by atoms with Crippen LogP contribution in [0.4, 0.5) is 0 Å². The maximum atomic E-state index is 11.5. The Morgan fingerprint density at radius 3 is 2.85 bits per heavy atom. The molecule has 1 aliphatic heterocycles. The summed E-state index contributed by atoms with van der Waals surface area (Å²) in [6.45, 7) is 1.45. The van der Waals surface area contributed by atoms with E-state index in [9.17, 15) is 9.90 Å². The van der Waals surface area contributed by atoms with Gasteiger partial charge in [0.25, 0.3) is 0 Å². The van der Waals surface area contributed by atoms with Crippen molar-refractivity contribution in [2.45, 2.75) is 25.3 Å². The van der Waals surface area contributed by atoms with E-state index in [0.717, 1.165) is 18.5 Å². The lowest BCUT2D eigenvalue weighted by Gasteiger charge is -2.21. The number of fused-ring (bicyclic) bond motifs is 1. The lowest BCUT2D eigenvalue weighted by Crippen LogP contribution is -2.39. The number of carboxylic acids is 1. The van der Waals surface area contributed by atoms with Crippen molar-refractivity contribution in [3.05, 3.63) is 35.9 Å². The zero-order chi connectivity index (χ0) is 13.9. The first-order chi connectivity index (χ1) is 9.75. The summed E-state index contributed by atoms with van der Waals surface area (Å²) in [6.07, 6.45) is 3.42. The topological polar surface area (TPSA) is 40.5 Å². The molecule has 0 bridgehead atoms. The second-order valence-electron chi connectivity index (χ2n) is 5.74. The van der Waals surface area contributed by atoms with Gasteiger partial charge in [-0.3, -0.25) is 9.69 Å². The highest BCUT2D eigenvalue weighted by Crippen LogP contribution is 2.41. The van der Waals surface area contributed by atoms with Gasteiger partial charge in [-0.25, -0.2) is 0 Å². The number of likely N-dealkylation sites (tertiary alicyclic amines) is 1. The number of aliphatic carboxylic acids is 1. The predicted octanol–water partition coefficient (Wildman–Crippen LogP) is 2.22. The van der Waals surface area contributed by atoms with Crippen molar-refractivity contribution in [2.24, 2.45) is 11.8 Å². The first-order valence-electron chi connectivity index (χ1n) is 7.26. The summed E-state index contributed by atoms with van der Waals surface area (Å²) >= 11 is 0. The molecule has 3 heteroatoms. The van der Waals surface area contributed by atoms with Crippen LogP contribution in [0.15, 0.2) is 30.3 Å². The molecule has 3 unspecified atom stereocenters. The van der Waals surface area contributed by atoms with Crippen molar-refractivity contribution in [3.8, 4) is 11.8 Å². The molecule has 20 heavy (non-hydrogen) atoms. The molecule has 1 aliphatic carbocycles. The van der Waals surface area contributed by atoms with E-state index in [-0.39, 0.29) is 6.04 Å². The highest BCUT2D eigenvalue weighted by molar-refractivity contribution is 5.74. The predicted molar refractivity (Wildman–Crippen MR) is 77.1 cm³/mol. The molecule has 104 valence electrons. The second-order valence-corrected chi connectivity index (χ2v) is 5.74. The molecule has 1 saturated heterocycles. The van der Waals surface area contributed by atoms with Gasteiger partial charge in [0, 0.05) is 12.1 Å². The van der Waals surface area contributed by atoms with Crippen LogP contribution < -0.4 is 0 Å². The monoisotopic (exact) mass is 269 g/mol. The molecule has 0 amide bonds. The van der Waals surface area contributed by atoms with Crippen LogP contribution in [0.3, 0.4) is 0 Å². The molecule has 3 nitrogen and oxygen atoms in total. The molecule has 1 saturated carbocycles. The summed E-state index contributed by atoms with van der Waals surface area (Å²) in [6, 6.07) is 9.51. The quantitative estimate of drug-likeness (QED) is 0.837. The zero-order valence-corrected chi connectivity index (χ0v) is 11.5. The molecule has 0 spiro atoms. The molecular formula is C17H19NO2. The standard InChI is InChI=1S/C17H19NO2/c19-17(20)16-15-10-4-9-14(15)12-18(16)11-5-8-13-6-2-1-3-7-13/h1-3,6-7,14-16H,4,9-12H2,(H,19,20). The summed E-state index contributed by atoms with van der Waals surface area (Å²) in [5.74, 6) is 6.47. The van der Waals surface area contributed by atoms with Crippen molar-refractivity contribution >= 4 is 5.97 Å². The van der Waals surface area contributed by atoms with Gasteiger partial charge in [0.05, 0.1) is 6.54 Å². The Kier molecular flexibility index (Phi) is 3.75. The van der Waals surface area contributed by atoms with Crippen LogP contribution in [-0.4, -0.2) is 35.1 Å². The van der Waals surface area contributed by atoms with Gasteiger partial charge in [0.2, 0.25) is 0 Å². The number of nitrogens with zero attached hydrogens (tertiary/aromatic N) is 1. The van der Waals surface area contributed by atoms with Crippen molar-refractivity contribution < 1.29 is 9.90 Å². The van der Waals surface area contributed by atoms with Gasteiger partial charge in [0.15, 0.2) is 0 Å². The first-order valence-corrected chi connectivity index (χ1v) is 7.26. The Hall–Kier alpha value is -1.79. The van der Waals surface area contributed by atoms with Crippen molar-refractivity contribution in [1.82, 2.24) is 4.90 Å². The number of benzene rings is 1. The fraction of sp³-hybridized carbons (Fsp3) is 0.471. The van der Waals surface area contributed by atoms with E-state index in [4.69, 9.17) is 0 Å². The minimum Gasteiger partial charge on any atom is -0.480 e. The molecular weight excluding hydrogens is 250 g/mol. The van der Waals surface area contributed by atoms with Gasteiger partial charge in [-0.15, -0.1) is 0 Å². The highest BCUT2D eigenvalue weighted by atomic mass is 16.4. The largest absolute Gasteiger partial charge is 0.480 e. The molecule has 0 radical (unpaired) electrons. The Labute approximate surface area is 119 Å². The smallest absolute Gasteiger partial charge is 0.321 e. The van der Waals surface area contributed by atoms with E-state index in [1.165, 1.54) is 12.8 Å². The third kappa shape index (κ3) is 2.57. The maximum absolute atomic E-state index is 11.5. The van der Waals surface area contributed by atoms with Gasteiger partial charge in [0.1, 0.15) is 6.04 Å². The molecule has 2 aliphatic rings. The van der Waals surface area contributed by atoms with Gasteiger partial charge < -0.3 is 5.11 Å². The summed E-state index contributed by atoms with van der Waals surface area (Å²) in [5, 5.41) is 9.46. The fourth-order valence-corrected chi connectivity index (χ4v) is 3.66. The average Bonchev–Trinajstić information content (AvgIpc) is 2.99. The van der Waals surface area contributed by atoms with Gasteiger partial charge in [-0.1, -0.05) is 36.5 Å². The molecule has 3 rings (SSSR count). The van der Waals surface area contributed by atoms with Crippen molar-refractivity contribution in [2.75, 3.05) is 13.1 Å². The Morgan fingerprint density at radius 1 is 1.30 bits per heavy atom. The van der Waals surface area contributed by atoms with Crippen LogP contribution in [0.1, 0.15) is 24.8 Å². The molecule has 1 heterocycles. The minimum atomic E-state index is -0.680. The van der Waals surface area contributed by atoms with E-state index in [2.05, 4.69) is 11.8 Å². The average molecular weight is 269 g/mol. The van der Waals surface area contributed by atoms with E-state index >= 15 is 0 Å². The highest BCUT2D eigenvalue weighted by Gasteiger charge is 2.47. The maximum Gasteiger partial charge on any atom is 0.321 e. The first kappa shape index (κ1) is 13.2. The fourth-order valence-electron chi connectivity index (χ4n) is 3.66. The van der Waals surface area contributed by atoms with Gasteiger partial charge in [-0.05, 0) is 36.8 Å². The van der Waals surface area contributed by atoms with Crippen LogP contribution in [0, 0.1) is 23.7 Å². The van der Waals surface area contributed by atoms with E-state index in [1.807, 2.05) is 35.2 Å². The minimum absolute atomic E-state index is 0.326. The van der Waals surface area contributed by atoms with Crippen molar-refractivity contribution in [3.63, 3.8) is 0 Å². The van der Waals surface area contributed by atoms with Crippen LogP contribution >= 0.6 is 0 Å².